The van der Waals surface area contributed by atoms with Crippen LogP contribution in [-0.4, -0.2) is 15.5 Å². The van der Waals surface area contributed by atoms with Crippen molar-refractivity contribution in [3.63, 3.8) is 0 Å². The SMILES string of the molecule is COc1ccc(S(=O)(=O)c2ccc(C)cc2)c(C(C)C)c1. The third-order valence-corrected chi connectivity index (χ3v) is 5.30. The van der Waals surface area contributed by atoms with E-state index in [2.05, 4.69) is 0 Å². The Bertz CT molecular complexity index is 729. The minimum Gasteiger partial charge on any atom is -0.497 e. The van der Waals surface area contributed by atoms with Crippen molar-refractivity contribution in [2.45, 2.75) is 36.5 Å². The molecule has 0 saturated carbocycles. The van der Waals surface area contributed by atoms with E-state index in [1.165, 1.54) is 0 Å². The largest absolute Gasteiger partial charge is 0.497 e. The molecule has 112 valence electrons. The topological polar surface area (TPSA) is 43.4 Å². The summed E-state index contributed by atoms with van der Waals surface area (Å²) in [7, 11) is -1.93. The minimum absolute atomic E-state index is 0.0929. The summed E-state index contributed by atoms with van der Waals surface area (Å²) in [6, 6.07) is 12.0. The highest BCUT2D eigenvalue weighted by Crippen LogP contribution is 2.31. The Morgan fingerprint density at radius 2 is 1.62 bits per heavy atom. The molecule has 3 nitrogen and oxygen atoms in total. The van der Waals surface area contributed by atoms with Gasteiger partial charge in [0.2, 0.25) is 9.84 Å². The molecular formula is C17H20O3S. The van der Waals surface area contributed by atoms with Gasteiger partial charge in [0, 0.05) is 0 Å². The Kier molecular flexibility index (Phi) is 4.37. The van der Waals surface area contributed by atoms with Crippen LogP contribution in [-0.2, 0) is 9.84 Å². The third-order valence-electron chi connectivity index (χ3n) is 3.46. The second kappa shape index (κ2) is 5.90. The third kappa shape index (κ3) is 3.10. The highest BCUT2D eigenvalue weighted by Gasteiger charge is 2.22. The van der Waals surface area contributed by atoms with Gasteiger partial charge in [0.15, 0.2) is 0 Å². The highest BCUT2D eigenvalue weighted by molar-refractivity contribution is 7.91. The van der Waals surface area contributed by atoms with Crippen LogP contribution in [0.5, 0.6) is 5.75 Å². The molecule has 0 fully saturated rings. The summed E-state index contributed by atoms with van der Waals surface area (Å²) in [5, 5.41) is 0. The van der Waals surface area contributed by atoms with Gasteiger partial charge in [-0.25, -0.2) is 8.42 Å². The molecule has 2 rings (SSSR count). The van der Waals surface area contributed by atoms with E-state index in [-0.39, 0.29) is 5.92 Å². The normalized spacial score (nSPS) is 11.7. The molecule has 0 radical (unpaired) electrons. The van der Waals surface area contributed by atoms with Crippen LogP contribution in [0.2, 0.25) is 0 Å². The summed E-state index contributed by atoms with van der Waals surface area (Å²) in [4.78, 5) is 0.669. The monoisotopic (exact) mass is 304 g/mol. The molecule has 0 saturated heterocycles. The lowest BCUT2D eigenvalue weighted by atomic mass is 10.0. The Labute approximate surface area is 126 Å². The van der Waals surface area contributed by atoms with Gasteiger partial charge in [-0.3, -0.25) is 0 Å². The van der Waals surface area contributed by atoms with Crippen LogP contribution >= 0.6 is 0 Å². The molecule has 0 bridgehead atoms. The average molecular weight is 304 g/mol. The van der Waals surface area contributed by atoms with Crippen LogP contribution in [0, 0.1) is 6.92 Å². The first-order valence-electron chi connectivity index (χ1n) is 6.86. The number of hydrogen-bond acceptors (Lipinski definition) is 3. The van der Waals surface area contributed by atoms with Crippen LogP contribution in [0.3, 0.4) is 0 Å². The number of methoxy groups -OCH3 is 1. The van der Waals surface area contributed by atoms with Gasteiger partial charge in [-0.1, -0.05) is 31.5 Å². The molecular weight excluding hydrogens is 284 g/mol. The molecule has 0 heterocycles. The summed E-state index contributed by atoms with van der Waals surface area (Å²) in [5.74, 6) is 0.761. The Hall–Kier alpha value is -1.81. The van der Waals surface area contributed by atoms with Crippen molar-refractivity contribution >= 4 is 9.84 Å². The van der Waals surface area contributed by atoms with Gasteiger partial charge in [-0.05, 0) is 48.7 Å². The maximum atomic E-state index is 12.8. The molecule has 0 aliphatic heterocycles. The summed E-state index contributed by atoms with van der Waals surface area (Å²) in [5.41, 5.74) is 1.81. The predicted molar refractivity (Wildman–Crippen MR) is 83.7 cm³/mol. The molecule has 0 aliphatic carbocycles. The maximum absolute atomic E-state index is 12.8. The molecule has 2 aromatic carbocycles. The van der Waals surface area contributed by atoms with Crippen molar-refractivity contribution in [3.8, 4) is 5.75 Å². The molecule has 21 heavy (non-hydrogen) atoms. The number of benzene rings is 2. The molecule has 0 N–H and O–H groups in total. The number of rotatable bonds is 4. The van der Waals surface area contributed by atoms with Crippen molar-refractivity contribution in [1.29, 1.82) is 0 Å². The van der Waals surface area contributed by atoms with Crippen LogP contribution in [0.1, 0.15) is 30.9 Å². The van der Waals surface area contributed by atoms with Crippen molar-refractivity contribution in [2.24, 2.45) is 0 Å². The summed E-state index contributed by atoms with van der Waals surface area (Å²) >= 11 is 0. The van der Waals surface area contributed by atoms with Crippen molar-refractivity contribution < 1.29 is 13.2 Å². The molecule has 2 aromatic rings. The first kappa shape index (κ1) is 15.6. The fourth-order valence-electron chi connectivity index (χ4n) is 2.19. The van der Waals surface area contributed by atoms with Crippen molar-refractivity contribution in [1.82, 2.24) is 0 Å². The molecule has 4 heteroatoms. The fourth-order valence-corrected chi connectivity index (χ4v) is 3.79. The smallest absolute Gasteiger partial charge is 0.206 e. The number of sulfone groups is 1. The van der Waals surface area contributed by atoms with E-state index >= 15 is 0 Å². The quantitative estimate of drug-likeness (QED) is 0.858. The lowest BCUT2D eigenvalue weighted by molar-refractivity contribution is 0.413. The van der Waals surface area contributed by atoms with E-state index < -0.39 is 9.84 Å². The molecule has 0 aromatic heterocycles. The zero-order valence-corrected chi connectivity index (χ0v) is 13.6. The zero-order chi connectivity index (χ0) is 15.6. The van der Waals surface area contributed by atoms with Crippen LogP contribution in [0.15, 0.2) is 52.3 Å². The van der Waals surface area contributed by atoms with Crippen molar-refractivity contribution in [3.05, 3.63) is 53.6 Å². The van der Waals surface area contributed by atoms with E-state index in [1.807, 2.05) is 32.9 Å². The molecule has 0 unspecified atom stereocenters. The van der Waals surface area contributed by atoms with E-state index in [0.717, 1.165) is 11.1 Å². The van der Waals surface area contributed by atoms with Gasteiger partial charge in [0.25, 0.3) is 0 Å². The van der Waals surface area contributed by atoms with Gasteiger partial charge >= 0.3 is 0 Å². The second-order valence-corrected chi connectivity index (χ2v) is 7.29. The molecule has 0 atom stereocenters. The van der Waals surface area contributed by atoms with Crippen LogP contribution in [0.4, 0.5) is 0 Å². The van der Waals surface area contributed by atoms with E-state index in [4.69, 9.17) is 4.74 Å². The number of aryl methyl sites for hydroxylation is 1. The minimum atomic E-state index is -3.51. The molecule has 0 spiro atoms. The van der Waals surface area contributed by atoms with E-state index in [9.17, 15) is 8.42 Å². The Balaban J connectivity index is 2.61. The van der Waals surface area contributed by atoms with Gasteiger partial charge in [0.1, 0.15) is 5.75 Å². The summed E-state index contributed by atoms with van der Waals surface area (Å²) < 4.78 is 30.9. The first-order valence-corrected chi connectivity index (χ1v) is 8.34. The zero-order valence-electron chi connectivity index (χ0n) is 12.8. The lowest BCUT2D eigenvalue weighted by Crippen LogP contribution is -2.07. The standard InChI is InChI=1S/C17H20O3S/c1-12(2)16-11-14(20-4)7-10-17(16)21(18,19)15-8-5-13(3)6-9-15/h5-12H,1-4H3. The van der Waals surface area contributed by atoms with Gasteiger partial charge in [-0.15, -0.1) is 0 Å². The Morgan fingerprint density at radius 1 is 1.00 bits per heavy atom. The van der Waals surface area contributed by atoms with E-state index in [0.29, 0.717) is 15.5 Å². The van der Waals surface area contributed by atoms with E-state index in [1.54, 1.807) is 37.4 Å². The van der Waals surface area contributed by atoms with Crippen molar-refractivity contribution in [2.75, 3.05) is 7.11 Å². The fraction of sp³-hybridized carbons (Fsp3) is 0.294. The second-order valence-electron chi connectivity index (χ2n) is 5.37. The Morgan fingerprint density at radius 3 is 2.14 bits per heavy atom. The van der Waals surface area contributed by atoms with Crippen LogP contribution < -0.4 is 4.74 Å². The molecule has 0 amide bonds. The number of hydrogen-bond donors (Lipinski definition) is 0. The van der Waals surface area contributed by atoms with Gasteiger partial charge in [0.05, 0.1) is 16.9 Å². The van der Waals surface area contributed by atoms with Gasteiger partial charge in [-0.2, -0.15) is 0 Å². The summed E-state index contributed by atoms with van der Waals surface area (Å²) in [6.45, 7) is 5.88. The van der Waals surface area contributed by atoms with Crippen LogP contribution in [0.25, 0.3) is 0 Å². The first-order chi connectivity index (χ1) is 9.86. The number of ether oxygens (including phenoxy) is 1. The lowest BCUT2D eigenvalue weighted by Gasteiger charge is -2.15. The molecule has 0 aliphatic rings. The average Bonchev–Trinajstić information content (AvgIpc) is 2.47. The summed E-state index contributed by atoms with van der Waals surface area (Å²) in [6.07, 6.45) is 0. The maximum Gasteiger partial charge on any atom is 0.206 e. The predicted octanol–water partition coefficient (Wildman–Crippen LogP) is 3.96. The van der Waals surface area contributed by atoms with Gasteiger partial charge < -0.3 is 4.74 Å². The highest BCUT2D eigenvalue weighted by atomic mass is 32.2.